The Labute approximate surface area is 114 Å². The third kappa shape index (κ3) is 5.73. The van der Waals surface area contributed by atoms with Gasteiger partial charge in [0.05, 0.1) is 11.8 Å². The summed E-state index contributed by atoms with van der Waals surface area (Å²) in [4.78, 5) is 11.2. The summed E-state index contributed by atoms with van der Waals surface area (Å²) in [7, 11) is 0. The van der Waals surface area contributed by atoms with E-state index in [1.807, 2.05) is 0 Å². The zero-order valence-corrected chi connectivity index (χ0v) is 11.3. The van der Waals surface area contributed by atoms with Crippen molar-refractivity contribution in [3.8, 4) is 0 Å². The van der Waals surface area contributed by atoms with Crippen LogP contribution < -0.4 is 5.43 Å². The molecule has 1 aromatic carbocycles. The molecule has 0 aliphatic carbocycles. The fourth-order valence-electron chi connectivity index (χ4n) is 1.26. The number of amides is 1. The number of halogens is 3. The van der Waals surface area contributed by atoms with Crippen molar-refractivity contribution >= 4 is 12.3 Å². The van der Waals surface area contributed by atoms with Crippen LogP contribution in [0.15, 0.2) is 29.4 Å². The monoisotopic (exact) mass is 288 g/mol. The molecule has 0 heterocycles. The summed E-state index contributed by atoms with van der Waals surface area (Å²) in [6.45, 7) is 5.05. The quantitative estimate of drug-likeness (QED) is 0.668. The minimum absolute atomic E-state index is 0.218. The lowest BCUT2D eigenvalue weighted by Gasteiger charge is -2.18. The van der Waals surface area contributed by atoms with Crippen LogP contribution in [0.1, 0.15) is 31.9 Å². The van der Waals surface area contributed by atoms with E-state index in [0.717, 1.165) is 18.3 Å². The molecule has 0 fully saturated rings. The summed E-state index contributed by atoms with van der Waals surface area (Å²) in [6.07, 6.45) is -4.08. The van der Waals surface area contributed by atoms with Crippen molar-refractivity contribution in [1.82, 2.24) is 5.43 Å². The second-order valence-electron chi connectivity index (χ2n) is 5.00. The van der Waals surface area contributed by atoms with E-state index in [4.69, 9.17) is 4.74 Å². The number of nitrogens with one attached hydrogen (secondary N) is 1. The van der Waals surface area contributed by atoms with Crippen molar-refractivity contribution in [3.63, 3.8) is 0 Å². The Kier molecular flexibility index (Phi) is 4.75. The number of hydrogen-bond donors (Lipinski definition) is 1. The van der Waals surface area contributed by atoms with Crippen LogP contribution in [0.5, 0.6) is 0 Å². The van der Waals surface area contributed by atoms with Gasteiger partial charge < -0.3 is 4.74 Å². The van der Waals surface area contributed by atoms with E-state index in [-0.39, 0.29) is 5.56 Å². The van der Waals surface area contributed by atoms with Crippen molar-refractivity contribution < 1.29 is 22.7 Å². The molecule has 110 valence electrons. The molecule has 0 aromatic heterocycles. The maximum Gasteiger partial charge on any atom is 0.428 e. The highest BCUT2D eigenvalue weighted by atomic mass is 19.4. The molecule has 0 atom stereocenters. The Morgan fingerprint density at radius 1 is 1.30 bits per heavy atom. The third-order valence-electron chi connectivity index (χ3n) is 1.98. The van der Waals surface area contributed by atoms with Crippen LogP contribution in [0.3, 0.4) is 0 Å². The number of nitrogens with zero attached hydrogens (tertiary/aromatic N) is 1. The molecule has 4 nitrogen and oxygen atoms in total. The molecule has 20 heavy (non-hydrogen) atoms. The van der Waals surface area contributed by atoms with Gasteiger partial charge in [-0.15, -0.1) is 0 Å². The van der Waals surface area contributed by atoms with Gasteiger partial charge in [-0.25, -0.2) is 10.2 Å². The van der Waals surface area contributed by atoms with Crippen LogP contribution in [-0.4, -0.2) is 17.9 Å². The standard InChI is InChI=1S/C13H15F3N2O2/c1-12(2,3)20-11(19)18-17-8-9-5-4-6-10(7-9)13(14,15)16/h4-8H,1-3H3,(H,18,19)/b17-8-. The van der Waals surface area contributed by atoms with E-state index in [1.165, 1.54) is 12.1 Å². The summed E-state index contributed by atoms with van der Waals surface area (Å²) < 4.78 is 42.3. The molecule has 0 spiro atoms. The topological polar surface area (TPSA) is 50.7 Å². The highest BCUT2D eigenvalue weighted by molar-refractivity contribution is 5.81. The van der Waals surface area contributed by atoms with Crippen LogP contribution >= 0.6 is 0 Å². The Hall–Kier alpha value is -2.05. The molecule has 0 aliphatic heterocycles. The van der Waals surface area contributed by atoms with E-state index in [2.05, 4.69) is 10.5 Å². The Bertz CT molecular complexity index is 505. The van der Waals surface area contributed by atoms with Crippen LogP contribution in [0.25, 0.3) is 0 Å². The number of rotatable bonds is 2. The molecule has 0 radical (unpaired) electrons. The van der Waals surface area contributed by atoms with Gasteiger partial charge >= 0.3 is 12.3 Å². The van der Waals surface area contributed by atoms with Gasteiger partial charge in [-0.2, -0.15) is 18.3 Å². The van der Waals surface area contributed by atoms with E-state index < -0.39 is 23.4 Å². The summed E-state index contributed by atoms with van der Waals surface area (Å²) >= 11 is 0. The van der Waals surface area contributed by atoms with Gasteiger partial charge in [0.25, 0.3) is 0 Å². The first kappa shape index (κ1) is 16.0. The molecule has 0 saturated carbocycles. The molecule has 0 bridgehead atoms. The summed E-state index contributed by atoms with van der Waals surface area (Å²) in [5, 5.41) is 3.53. The number of alkyl halides is 3. The van der Waals surface area contributed by atoms with Crippen molar-refractivity contribution in [2.75, 3.05) is 0 Å². The number of ether oxygens (including phenoxy) is 1. The first-order valence-corrected chi connectivity index (χ1v) is 5.77. The minimum atomic E-state index is -4.41. The van der Waals surface area contributed by atoms with Crippen molar-refractivity contribution in [3.05, 3.63) is 35.4 Å². The zero-order valence-electron chi connectivity index (χ0n) is 11.3. The van der Waals surface area contributed by atoms with Gasteiger partial charge in [-0.05, 0) is 38.5 Å². The van der Waals surface area contributed by atoms with Gasteiger partial charge in [0, 0.05) is 0 Å². The van der Waals surface area contributed by atoms with Crippen LogP contribution in [0.4, 0.5) is 18.0 Å². The SMILES string of the molecule is CC(C)(C)OC(=O)N/N=C\c1cccc(C(F)(F)F)c1. The number of benzene rings is 1. The van der Waals surface area contributed by atoms with E-state index >= 15 is 0 Å². The second-order valence-corrected chi connectivity index (χ2v) is 5.00. The summed E-state index contributed by atoms with van der Waals surface area (Å²) in [5.74, 6) is 0. The molecule has 0 saturated heterocycles. The Morgan fingerprint density at radius 3 is 2.50 bits per heavy atom. The molecular formula is C13H15F3N2O2. The summed E-state index contributed by atoms with van der Waals surface area (Å²) in [5.41, 5.74) is 0.842. The molecule has 7 heteroatoms. The Balaban J connectivity index is 2.65. The van der Waals surface area contributed by atoms with E-state index in [9.17, 15) is 18.0 Å². The van der Waals surface area contributed by atoms with Gasteiger partial charge in [-0.3, -0.25) is 0 Å². The van der Waals surface area contributed by atoms with Gasteiger partial charge in [0.15, 0.2) is 0 Å². The van der Waals surface area contributed by atoms with E-state index in [1.54, 1.807) is 20.8 Å². The average molecular weight is 288 g/mol. The molecule has 1 amide bonds. The largest absolute Gasteiger partial charge is 0.443 e. The lowest BCUT2D eigenvalue weighted by Crippen LogP contribution is -2.29. The molecule has 1 rings (SSSR count). The van der Waals surface area contributed by atoms with Crippen molar-refractivity contribution in [2.45, 2.75) is 32.5 Å². The van der Waals surface area contributed by atoms with Crippen LogP contribution in [0, 0.1) is 0 Å². The predicted octanol–water partition coefficient (Wildman–Crippen LogP) is 3.56. The highest BCUT2D eigenvalue weighted by Gasteiger charge is 2.30. The number of hydrogen-bond acceptors (Lipinski definition) is 3. The third-order valence-corrected chi connectivity index (χ3v) is 1.98. The molecule has 1 aromatic rings. The number of carbonyl (C=O) groups is 1. The highest BCUT2D eigenvalue weighted by Crippen LogP contribution is 2.29. The number of carbonyl (C=O) groups excluding carboxylic acids is 1. The lowest BCUT2D eigenvalue weighted by atomic mass is 10.1. The van der Waals surface area contributed by atoms with Gasteiger partial charge in [-0.1, -0.05) is 12.1 Å². The lowest BCUT2D eigenvalue weighted by molar-refractivity contribution is -0.137. The van der Waals surface area contributed by atoms with Crippen LogP contribution in [0.2, 0.25) is 0 Å². The zero-order chi connectivity index (χ0) is 15.4. The molecular weight excluding hydrogens is 273 g/mol. The predicted molar refractivity (Wildman–Crippen MR) is 68.4 cm³/mol. The van der Waals surface area contributed by atoms with Crippen molar-refractivity contribution in [2.24, 2.45) is 5.10 Å². The second kappa shape index (κ2) is 5.94. The van der Waals surface area contributed by atoms with Crippen molar-refractivity contribution in [1.29, 1.82) is 0 Å². The maximum absolute atomic E-state index is 12.5. The fraction of sp³-hybridized carbons (Fsp3) is 0.385. The first-order valence-electron chi connectivity index (χ1n) is 5.77. The van der Waals surface area contributed by atoms with Gasteiger partial charge in [0.2, 0.25) is 0 Å². The average Bonchev–Trinajstić information content (AvgIpc) is 2.25. The smallest absolute Gasteiger partial charge is 0.428 e. The fourth-order valence-corrected chi connectivity index (χ4v) is 1.26. The van der Waals surface area contributed by atoms with Crippen LogP contribution in [-0.2, 0) is 10.9 Å². The summed E-state index contributed by atoms with van der Waals surface area (Å²) in [6, 6.07) is 4.59. The molecule has 1 N–H and O–H groups in total. The van der Waals surface area contributed by atoms with Gasteiger partial charge in [0.1, 0.15) is 5.60 Å². The molecule has 0 aliphatic rings. The normalized spacial score (nSPS) is 12.5. The first-order chi connectivity index (χ1) is 9.08. The minimum Gasteiger partial charge on any atom is -0.443 e. The maximum atomic E-state index is 12.5. The Morgan fingerprint density at radius 2 is 1.95 bits per heavy atom. The van der Waals surface area contributed by atoms with E-state index in [0.29, 0.717) is 0 Å². The number of hydrazone groups is 1. The molecule has 0 unspecified atom stereocenters.